The summed E-state index contributed by atoms with van der Waals surface area (Å²) in [5, 5.41) is 45.9. The van der Waals surface area contributed by atoms with E-state index in [1.54, 1.807) is 0 Å². The minimum absolute atomic E-state index is 0.0500. The van der Waals surface area contributed by atoms with Gasteiger partial charge >= 0.3 is 29.8 Å². The molecular weight excluding hydrogens is 1240 g/mol. The van der Waals surface area contributed by atoms with Gasteiger partial charge in [0.2, 0.25) is 41.4 Å². The molecular formula is C61H94N10O23. The Labute approximate surface area is 543 Å². The highest BCUT2D eigenvalue weighted by Gasteiger charge is 3.01. The van der Waals surface area contributed by atoms with Gasteiger partial charge < -0.3 is 108 Å². The van der Waals surface area contributed by atoms with Gasteiger partial charge in [-0.3, -0.25) is 52.7 Å². The quantitative estimate of drug-likeness (QED) is 0.0164. The van der Waals surface area contributed by atoms with Gasteiger partial charge in [0.15, 0.2) is 11.7 Å². The van der Waals surface area contributed by atoms with Gasteiger partial charge in [-0.25, -0.2) is 4.79 Å². The number of hydrogen-bond acceptors (Lipinski definition) is 23. The van der Waals surface area contributed by atoms with Crippen molar-refractivity contribution >= 4 is 71.2 Å². The molecule has 0 bridgehead atoms. The third kappa shape index (κ3) is 18.1. The van der Waals surface area contributed by atoms with Crippen molar-refractivity contribution in [2.45, 2.75) is 195 Å². The summed E-state index contributed by atoms with van der Waals surface area (Å²) in [5.74, 6) is -8.05. The molecule has 0 aromatic rings. The maximum absolute atomic E-state index is 14.4. The first kappa shape index (κ1) is 74.4. The van der Waals surface area contributed by atoms with Crippen molar-refractivity contribution in [2.75, 3.05) is 85.5 Å². The highest BCUT2D eigenvalue weighted by Crippen LogP contribution is 2.83. The summed E-state index contributed by atoms with van der Waals surface area (Å²) < 4.78 is 50.3. The van der Waals surface area contributed by atoms with Crippen LogP contribution in [0.3, 0.4) is 0 Å². The molecule has 1 unspecified atom stereocenters. The molecule has 16 N–H and O–H groups in total. The average Bonchev–Trinajstić information content (AvgIpc) is 1.41. The summed E-state index contributed by atoms with van der Waals surface area (Å²) in [6.45, 7) is 5.69. The van der Waals surface area contributed by atoms with Crippen LogP contribution in [-0.2, 0) is 95.4 Å². The fourth-order valence-electron chi connectivity index (χ4n) is 13.5. The molecule has 33 heteroatoms. The first-order chi connectivity index (χ1) is 44.7. The van der Waals surface area contributed by atoms with Crippen molar-refractivity contribution in [2.24, 2.45) is 34.5 Å². The molecule has 12 atom stereocenters. The van der Waals surface area contributed by atoms with E-state index in [1.165, 1.54) is 0 Å². The molecule has 33 nitrogen and oxygen atoms in total. The van der Waals surface area contributed by atoms with Gasteiger partial charge in [-0.2, -0.15) is 0 Å². The summed E-state index contributed by atoms with van der Waals surface area (Å²) >= 11 is 0. The molecule has 2 spiro atoms. The van der Waals surface area contributed by atoms with E-state index >= 15 is 0 Å². The van der Waals surface area contributed by atoms with Crippen LogP contribution >= 0.6 is 0 Å². The fourth-order valence-corrected chi connectivity index (χ4v) is 13.5. The van der Waals surface area contributed by atoms with Gasteiger partial charge in [-0.15, -0.1) is 0 Å². The number of cyclic esters (lactones) is 1. The maximum atomic E-state index is 14.4. The number of rotatable bonds is 45. The lowest BCUT2D eigenvalue weighted by atomic mass is 9.46. The van der Waals surface area contributed by atoms with E-state index in [2.05, 4.69) is 44.1 Å². The van der Waals surface area contributed by atoms with E-state index in [9.17, 15) is 57.5 Å². The molecule has 94 heavy (non-hydrogen) atoms. The molecule has 526 valence electrons. The first-order valence-corrected chi connectivity index (χ1v) is 32.4. The molecule has 3 aliphatic carbocycles. The van der Waals surface area contributed by atoms with Crippen molar-refractivity contribution in [1.29, 1.82) is 0 Å². The number of esters is 2. The van der Waals surface area contributed by atoms with Gasteiger partial charge in [0.1, 0.15) is 53.7 Å². The second kappa shape index (κ2) is 33.1. The molecule has 0 aromatic heterocycles. The zero-order valence-corrected chi connectivity index (χ0v) is 53.6. The van der Waals surface area contributed by atoms with Crippen LogP contribution in [0.2, 0.25) is 0 Å². The number of carboxylic acid groups (broad SMARTS) is 3. The third-order valence-corrected chi connectivity index (χ3v) is 18.8. The summed E-state index contributed by atoms with van der Waals surface area (Å²) in [6.07, 6.45) is -1.12. The first-order valence-electron chi connectivity index (χ1n) is 32.4. The molecule has 3 saturated heterocycles. The number of amides is 7. The Morgan fingerprint density at radius 2 is 1.00 bits per heavy atom. The summed E-state index contributed by atoms with van der Waals surface area (Å²) in [7, 11) is 0. The van der Waals surface area contributed by atoms with E-state index in [-0.39, 0.29) is 173 Å². The van der Waals surface area contributed by atoms with Gasteiger partial charge in [0.05, 0.1) is 52.2 Å². The van der Waals surface area contributed by atoms with Crippen LogP contribution in [0.4, 0.5) is 0 Å². The van der Waals surface area contributed by atoms with Gasteiger partial charge in [-0.05, 0) is 75.2 Å². The number of aliphatic carboxylic acids is 3. The van der Waals surface area contributed by atoms with Gasteiger partial charge in [0, 0.05) is 95.2 Å². The lowest BCUT2D eigenvalue weighted by Gasteiger charge is -2.53. The lowest BCUT2D eigenvalue weighted by Crippen LogP contribution is -2.70. The van der Waals surface area contributed by atoms with Crippen LogP contribution in [0, 0.1) is 17.3 Å². The monoisotopic (exact) mass is 1330 g/mol. The smallest absolute Gasteiger partial charge is 0.334 e. The predicted octanol–water partition coefficient (Wildman–Crippen LogP) is -3.05. The van der Waals surface area contributed by atoms with Crippen molar-refractivity contribution in [3.8, 4) is 0 Å². The molecule has 0 radical (unpaired) electrons. The Balaban J connectivity index is 0.980. The van der Waals surface area contributed by atoms with Crippen molar-refractivity contribution in [3.63, 3.8) is 0 Å². The standard InChI is InChI=1S/C61H94N10O23/c1-34(2)59-50(93-59)51-61(94-51)57(3)19-15-35-36(30-90-55(35)86)37(57)29-41-60(61,92-41)56(59)91-49(79)14-13-48(78)71-58(31-87-26-16-45(75)68-23-4-20-65-42(72)10-7-38(62)52(80)81,32-88-27-17-46(76)69-24-5-21-66-43(73)11-8-39(63)53(82)83)33-89-28-18-47(77)70-25-6-22-67-44(74)12-9-40(64)54(84)85/h34,37-41,50-51,56H,4-33,62-64H2,1-3H3,(H,65,72)(H,66,73)(H,67,74)(H,68,75)(H,69,76)(H,70,77)(H,71,78)(H,80,81)(H,82,83)(H,84,85)/t37?,38-,39-,40-,41-,50-,51-,56+,57-,59-,60+,61+/m0/s1. The highest BCUT2D eigenvalue weighted by atomic mass is 16.8. The predicted molar refractivity (Wildman–Crippen MR) is 324 cm³/mol. The number of hydrogen-bond donors (Lipinski definition) is 13. The average molecular weight is 1340 g/mol. The van der Waals surface area contributed by atoms with Crippen LogP contribution in [0.15, 0.2) is 11.1 Å². The maximum Gasteiger partial charge on any atom is 0.334 e. The molecule has 7 rings (SSSR count). The number of carbonyl (C=O) groups excluding carboxylic acids is 9. The number of carbonyl (C=O) groups is 12. The molecule has 4 aliphatic heterocycles. The largest absolute Gasteiger partial charge is 0.480 e. The molecule has 7 amide bonds. The van der Waals surface area contributed by atoms with E-state index in [4.69, 9.17) is 70.4 Å². The Morgan fingerprint density at radius 3 is 1.41 bits per heavy atom. The zero-order chi connectivity index (χ0) is 68.6. The molecule has 7 aliphatic rings. The Hall–Kier alpha value is -6.98. The third-order valence-electron chi connectivity index (χ3n) is 18.8. The van der Waals surface area contributed by atoms with Gasteiger partial charge in [-0.1, -0.05) is 20.8 Å². The molecule has 4 heterocycles. The SMILES string of the molecule is CC(C)[C@]12O[C@H]1[C@@H]1O[C@]13[C@]1(O[C@H]1CC1C4=C(CC[C@@]13C)C(=O)OC4)[C@@H]2OC(=O)CCC(=O)NC(COCCC(=O)NCCCNC(=O)CC[C@H](N)C(=O)O)(COCCC(=O)NCCCNC(=O)CC[C@H](N)C(=O)O)COCCC(=O)NCCCNC(=O)CC[C@H](N)C(=O)O. The minimum atomic E-state index is -1.60. The van der Waals surface area contributed by atoms with E-state index in [0.29, 0.717) is 44.1 Å². The van der Waals surface area contributed by atoms with Crippen LogP contribution in [0.5, 0.6) is 0 Å². The van der Waals surface area contributed by atoms with Crippen molar-refractivity contribution < 1.29 is 111 Å². The zero-order valence-electron chi connectivity index (χ0n) is 53.6. The van der Waals surface area contributed by atoms with E-state index in [0.717, 1.165) is 5.57 Å². The number of epoxide rings is 3. The molecule has 5 fully saturated rings. The minimum Gasteiger partial charge on any atom is -0.480 e. The Morgan fingerprint density at radius 1 is 0.574 bits per heavy atom. The summed E-state index contributed by atoms with van der Waals surface area (Å²) in [4.78, 5) is 150. The summed E-state index contributed by atoms with van der Waals surface area (Å²) in [5.41, 5.74) is 13.1. The number of carboxylic acids is 3. The number of ether oxygens (including phenoxy) is 8. The van der Waals surface area contributed by atoms with Crippen LogP contribution in [0.25, 0.3) is 0 Å². The fraction of sp³-hybridized carbons (Fsp3) is 0.770. The summed E-state index contributed by atoms with van der Waals surface area (Å²) in [6, 6.07) is -3.54. The normalized spacial score (nSPS) is 26.5. The Bertz CT molecular complexity index is 2680. The molecule has 2 saturated carbocycles. The highest BCUT2D eigenvalue weighted by molar-refractivity contribution is 5.92. The van der Waals surface area contributed by atoms with Gasteiger partial charge in [0.25, 0.3) is 0 Å². The molecule has 0 aromatic carbocycles. The second-order valence-electron chi connectivity index (χ2n) is 25.7. The number of fused-ring (bicyclic) bond motifs is 4. The number of nitrogens with two attached hydrogens (primary N) is 3. The number of nitrogens with one attached hydrogen (secondary N) is 7. The van der Waals surface area contributed by atoms with Crippen molar-refractivity contribution in [1.82, 2.24) is 37.2 Å². The van der Waals surface area contributed by atoms with Crippen LogP contribution in [-0.4, -0.2) is 237 Å². The van der Waals surface area contributed by atoms with E-state index < -0.39 is 136 Å². The Kier molecular flexibility index (Phi) is 26.2. The van der Waals surface area contributed by atoms with E-state index in [1.807, 2.05) is 13.8 Å². The van der Waals surface area contributed by atoms with Crippen LogP contribution < -0.4 is 54.4 Å². The topological polar surface area (TPSA) is 512 Å². The lowest BCUT2D eigenvalue weighted by molar-refractivity contribution is -0.170. The van der Waals surface area contributed by atoms with Crippen molar-refractivity contribution in [3.05, 3.63) is 11.1 Å². The second-order valence-corrected chi connectivity index (χ2v) is 25.7. The van der Waals surface area contributed by atoms with Crippen LogP contribution in [0.1, 0.15) is 130 Å².